The summed E-state index contributed by atoms with van der Waals surface area (Å²) in [5, 5.41) is 3.06. The zero-order chi connectivity index (χ0) is 23.3. The first-order chi connectivity index (χ1) is 15.9. The van der Waals surface area contributed by atoms with Crippen LogP contribution in [0.4, 0.5) is 5.82 Å². The summed E-state index contributed by atoms with van der Waals surface area (Å²) >= 11 is 0. The van der Waals surface area contributed by atoms with Crippen LogP contribution in [0.25, 0.3) is 11.2 Å². The molecule has 178 valence electrons. The number of nitrogen functional groups attached to an aromatic ring is 1. The number of para-hydroxylation sites is 1. The van der Waals surface area contributed by atoms with Crippen LogP contribution < -0.4 is 15.3 Å². The van der Waals surface area contributed by atoms with E-state index in [0.29, 0.717) is 42.5 Å². The number of rotatable bonds is 10. The molecule has 11 nitrogen and oxygen atoms in total. The number of imidazole rings is 1. The van der Waals surface area contributed by atoms with Crippen molar-refractivity contribution in [3.63, 3.8) is 0 Å². The van der Waals surface area contributed by atoms with E-state index in [9.17, 15) is 4.57 Å². The molecular formula is C21H29N6O5P. The lowest BCUT2D eigenvalue weighted by atomic mass is 10.3. The lowest BCUT2D eigenvalue weighted by Gasteiger charge is -2.31. The van der Waals surface area contributed by atoms with Crippen LogP contribution in [0.1, 0.15) is 20.3 Å². The third-order valence-corrected chi connectivity index (χ3v) is 6.87. The standard InChI is InChI=1S/C21H29N6O5P/c1-15(11-27-13-25-18-19(22)23-12-24-20(18)27)31-14-33(28,32-17-7-4-3-5-8-17)26-16(2)21-29-9-6-10-30-21/h3-5,7-8,12-13,15-16,21H,6,9-11,14H2,1-2H3,(H,26,28)(H2,22,23,24)/t15-,16+,33?/m1/s1. The molecule has 3 atom stereocenters. The van der Waals surface area contributed by atoms with Crippen molar-refractivity contribution in [3.8, 4) is 5.75 Å². The molecule has 1 aliphatic heterocycles. The third kappa shape index (κ3) is 6.07. The quantitative estimate of drug-likeness (QED) is 0.420. The second-order valence-corrected chi connectivity index (χ2v) is 9.94. The monoisotopic (exact) mass is 476 g/mol. The molecule has 4 rings (SSSR count). The van der Waals surface area contributed by atoms with Crippen molar-refractivity contribution < 1.29 is 23.3 Å². The molecule has 2 aromatic heterocycles. The van der Waals surface area contributed by atoms with Crippen molar-refractivity contribution in [2.75, 3.05) is 25.3 Å². The number of hydrogen-bond donors (Lipinski definition) is 2. The largest absolute Gasteiger partial charge is 0.431 e. The van der Waals surface area contributed by atoms with E-state index in [-0.39, 0.29) is 18.5 Å². The molecule has 0 bridgehead atoms. The van der Waals surface area contributed by atoms with E-state index in [1.165, 1.54) is 6.33 Å². The van der Waals surface area contributed by atoms with Crippen LogP contribution in [0, 0.1) is 0 Å². The molecule has 0 spiro atoms. The van der Waals surface area contributed by atoms with E-state index in [1.54, 1.807) is 18.5 Å². The number of ether oxygens (including phenoxy) is 3. The number of fused-ring (bicyclic) bond motifs is 1. The summed E-state index contributed by atoms with van der Waals surface area (Å²) in [5.41, 5.74) is 7.00. The average molecular weight is 476 g/mol. The molecule has 3 aromatic rings. The normalized spacial score (nSPS) is 18.6. The van der Waals surface area contributed by atoms with Gasteiger partial charge in [-0.15, -0.1) is 0 Å². The Labute approximate surface area is 192 Å². The molecule has 1 saturated heterocycles. The highest BCUT2D eigenvalue weighted by Crippen LogP contribution is 2.44. The molecule has 0 aliphatic carbocycles. The van der Waals surface area contributed by atoms with Crippen LogP contribution in [0.5, 0.6) is 5.75 Å². The highest BCUT2D eigenvalue weighted by molar-refractivity contribution is 7.57. The number of benzene rings is 1. The van der Waals surface area contributed by atoms with E-state index >= 15 is 0 Å². The van der Waals surface area contributed by atoms with Gasteiger partial charge in [-0.05, 0) is 32.4 Å². The maximum Gasteiger partial charge on any atom is 0.342 e. The topological polar surface area (TPSA) is 136 Å². The summed E-state index contributed by atoms with van der Waals surface area (Å²) in [6, 6.07) is 8.63. The molecular weight excluding hydrogens is 447 g/mol. The fraction of sp³-hybridized carbons (Fsp3) is 0.476. The van der Waals surface area contributed by atoms with Gasteiger partial charge in [0.2, 0.25) is 0 Å². The Kier molecular flexibility index (Phi) is 7.56. The Morgan fingerprint density at radius 1 is 1.21 bits per heavy atom. The molecule has 33 heavy (non-hydrogen) atoms. The molecule has 3 heterocycles. The van der Waals surface area contributed by atoms with Crippen molar-refractivity contribution in [2.24, 2.45) is 0 Å². The molecule has 1 fully saturated rings. The molecule has 3 N–H and O–H groups in total. The number of hydrogen-bond acceptors (Lipinski definition) is 9. The number of nitrogens with two attached hydrogens (primary N) is 1. The fourth-order valence-corrected chi connectivity index (χ4v) is 5.33. The van der Waals surface area contributed by atoms with Gasteiger partial charge in [-0.1, -0.05) is 18.2 Å². The Morgan fingerprint density at radius 2 is 1.97 bits per heavy atom. The van der Waals surface area contributed by atoms with Crippen LogP contribution in [0.15, 0.2) is 43.0 Å². The second kappa shape index (κ2) is 10.6. The van der Waals surface area contributed by atoms with E-state index in [0.717, 1.165) is 6.42 Å². The predicted molar refractivity (Wildman–Crippen MR) is 123 cm³/mol. The number of nitrogens with one attached hydrogen (secondary N) is 1. The summed E-state index contributed by atoms with van der Waals surface area (Å²) in [6.45, 7) is 5.35. The van der Waals surface area contributed by atoms with Gasteiger partial charge in [-0.25, -0.2) is 20.0 Å². The van der Waals surface area contributed by atoms with Gasteiger partial charge in [0.25, 0.3) is 0 Å². The van der Waals surface area contributed by atoms with Crippen molar-refractivity contribution in [2.45, 2.75) is 45.2 Å². The molecule has 1 aliphatic rings. The van der Waals surface area contributed by atoms with Gasteiger partial charge >= 0.3 is 7.52 Å². The lowest BCUT2D eigenvalue weighted by molar-refractivity contribution is -0.188. The summed E-state index contributed by atoms with van der Waals surface area (Å²) < 4.78 is 38.7. The van der Waals surface area contributed by atoms with Crippen molar-refractivity contribution in [1.29, 1.82) is 0 Å². The first kappa shape index (κ1) is 23.6. The van der Waals surface area contributed by atoms with Gasteiger partial charge in [-0.2, -0.15) is 0 Å². The van der Waals surface area contributed by atoms with Crippen LogP contribution in [0.3, 0.4) is 0 Å². The minimum absolute atomic E-state index is 0.149. The number of nitrogens with zero attached hydrogens (tertiary/aromatic N) is 4. The van der Waals surface area contributed by atoms with Crippen LogP contribution in [-0.2, 0) is 25.3 Å². The summed E-state index contributed by atoms with van der Waals surface area (Å²) in [6.07, 6.45) is 2.89. The molecule has 12 heteroatoms. The summed E-state index contributed by atoms with van der Waals surface area (Å²) in [4.78, 5) is 12.5. The molecule has 1 aromatic carbocycles. The van der Waals surface area contributed by atoms with E-state index in [2.05, 4.69) is 20.0 Å². The van der Waals surface area contributed by atoms with E-state index in [4.69, 9.17) is 24.5 Å². The Balaban J connectivity index is 1.43. The Morgan fingerprint density at radius 3 is 2.73 bits per heavy atom. The van der Waals surface area contributed by atoms with E-state index < -0.39 is 13.8 Å². The molecule has 0 radical (unpaired) electrons. The Bertz CT molecular complexity index is 1090. The smallest absolute Gasteiger partial charge is 0.342 e. The van der Waals surface area contributed by atoms with Crippen molar-refractivity contribution >= 4 is 24.5 Å². The van der Waals surface area contributed by atoms with Gasteiger partial charge in [0.15, 0.2) is 17.8 Å². The number of anilines is 1. The fourth-order valence-electron chi connectivity index (χ4n) is 3.49. The average Bonchev–Trinajstić information content (AvgIpc) is 3.23. The van der Waals surface area contributed by atoms with Crippen molar-refractivity contribution in [1.82, 2.24) is 24.6 Å². The Hall–Kier alpha value is -2.56. The highest BCUT2D eigenvalue weighted by atomic mass is 31.2. The first-order valence-corrected chi connectivity index (χ1v) is 12.6. The van der Waals surface area contributed by atoms with Gasteiger partial charge in [-0.3, -0.25) is 4.57 Å². The lowest BCUT2D eigenvalue weighted by Crippen LogP contribution is -2.43. The van der Waals surface area contributed by atoms with Gasteiger partial charge < -0.3 is 29.0 Å². The minimum Gasteiger partial charge on any atom is -0.431 e. The van der Waals surface area contributed by atoms with Crippen LogP contribution in [-0.4, -0.2) is 57.5 Å². The minimum atomic E-state index is -3.47. The molecule has 0 amide bonds. The van der Waals surface area contributed by atoms with Crippen LogP contribution in [0.2, 0.25) is 0 Å². The second-order valence-electron chi connectivity index (χ2n) is 7.89. The maximum atomic E-state index is 13.8. The molecule has 0 saturated carbocycles. The zero-order valence-electron chi connectivity index (χ0n) is 18.7. The summed E-state index contributed by atoms with van der Waals surface area (Å²) in [7, 11) is -3.47. The van der Waals surface area contributed by atoms with Crippen molar-refractivity contribution in [3.05, 3.63) is 43.0 Å². The summed E-state index contributed by atoms with van der Waals surface area (Å²) in [5.74, 6) is 0.800. The van der Waals surface area contributed by atoms with Gasteiger partial charge in [0.05, 0.1) is 38.2 Å². The predicted octanol–water partition coefficient (Wildman–Crippen LogP) is 2.78. The van der Waals surface area contributed by atoms with Gasteiger partial charge in [0.1, 0.15) is 23.9 Å². The van der Waals surface area contributed by atoms with E-state index in [1.807, 2.05) is 36.6 Å². The molecule has 1 unspecified atom stereocenters. The van der Waals surface area contributed by atoms with Gasteiger partial charge in [0, 0.05) is 0 Å². The number of aromatic nitrogens is 4. The SMILES string of the molecule is C[C@H](Cn1cnc2c(N)ncnc21)OCP(=O)(N[C@@H](C)C1OCCCO1)Oc1ccccc1. The highest BCUT2D eigenvalue weighted by Gasteiger charge is 2.33. The maximum absolute atomic E-state index is 13.8. The third-order valence-electron chi connectivity index (χ3n) is 5.07. The zero-order valence-corrected chi connectivity index (χ0v) is 19.6. The van der Waals surface area contributed by atoms with Crippen LogP contribution >= 0.6 is 7.52 Å². The first-order valence-electron chi connectivity index (χ1n) is 10.8.